The van der Waals surface area contributed by atoms with E-state index in [9.17, 15) is 0 Å². The van der Waals surface area contributed by atoms with Crippen molar-refractivity contribution in [1.82, 2.24) is 4.90 Å². The summed E-state index contributed by atoms with van der Waals surface area (Å²) in [5.74, 6) is 0.580. The van der Waals surface area contributed by atoms with Crippen LogP contribution in [0.4, 0.5) is 0 Å². The maximum absolute atomic E-state index is 8.70. The summed E-state index contributed by atoms with van der Waals surface area (Å²) < 4.78 is 0. The molecule has 0 aromatic rings. The Balaban J connectivity index is 4.90. The standard InChI is InChI=1S/C12H23N3S/c1-6-11(7-2)15(8-10(3)4)12(16-5)14-9-13/h10-11H,6-8H2,1-5H3. The molecule has 0 radical (unpaired) electrons. The van der Waals surface area contributed by atoms with Gasteiger partial charge in [0, 0.05) is 12.6 Å². The largest absolute Gasteiger partial charge is 0.347 e. The summed E-state index contributed by atoms with van der Waals surface area (Å²) >= 11 is 1.56. The highest BCUT2D eigenvalue weighted by Gasteiger charge is 2.19. The van der Waals surface area contributed by atoms with Gasteiger partial charge in [-0.05, 0) is 25.0 Å². The molecule has 0 aromatic heterocycles. The molecular formula is C12H23N3S. The van der Waals surface area contributed by atoms with Crippen LogP contribution in [0.1, 0.15) is 40.5 Å². The molecule has 0 aliphatic carbocycles. The minimum Gasteiger partial charge on any atom is -0.347 e. The van der Waals surface area contributed by atoms with Crippen molar-refractivity contribution in [2.24, 2.45) is 10.9 Å². The lowest BCUT2D eigenvalue weighted by Gasteiger charge is -2.33. The van der Waals surface area contributed by atoms with Crippen LogP contribution in [0, 0.1) is 17.4 Å². The van der Waals surface area contributed by atoms with E-state index in [0.717, 1.165) is 24.6 Å². The SMILES string of the molecule is CCC(CC)N(CC(C)C)C(=NC#N)SC. The average molecular weight is 241 g/mol. The van der Waals surface area contributed by atoms with Gasteiger partial charge in [0.1, 0.15) is 0 Å². The number of rotatable bonds is 5. The Labute approximate surface area is 104 Å². The lowest BCUT2D eigenvalue weighted by Crippen LogP contribution is -2.40. The first kappa shape index (κ1) is 15.3. The van der Waals surface area contributed by atoms with Crippen molar-refractivity contribution >= 4 is 16.9 Å². The van der Waals surface area contributed by atoms with Crippen LogP contribution in [0.2, 0.25) is 0 Å². The molecule has 0 aliphatic heterocycles. The normalized spacial score (nSPS) is 12.0. The minimum atomic E-state index is 0.488. The van der Waals surface area contributed by atoms with Crippen molar-refractivity contribution in [2.45, 2.75) is 46.6 Å². The number of aliphatic imine (C=N–C) groups is 1. The molecule has 0 aromatic carbocycles. The Bertz CT molecular complexity index is 251. The summed E-state index contributed by atoms with van der Waals surface area (Å²) in [5, 5.41) is 9.55. The fourth-order valence-corrected chi connectivity index (χ4v) is 2.37. The second kappa shape index (κ2) is 8.46. The molecule has 0 fully saturated rings. The van der Waals surface area contributed by atoms with Gasteiger partial charge in [-0.15, -0.1) is 4.99 Å². The van der Waals surface area contributed by atoms with Gasteiger partial charge in [0.2, 0.25) is 6.19 Å². The van der Waals surface area contributed by atoms with Gasteiger partial charge in [-0.25, -0.2) is 0 Å². The monoisotopic (exact) mass is 241 g/mol. The summed E-state index contributed by atoms with van der Waals surface area (Å²) in [4.78, 5) is 6.20. The van der Waals surface area contributed by atoms with E-state index in [4.69, 9.17) is 5.26 Å². The first-order valence-corrected chi connectivity index (χ1v) is 7.10. The number of nitrogens with zero attached hydrogens (tertiary/aromatic N) is 3. The molecule has 0 unspecified atom stereocenters. The number of hydrogen-bond acceptors (Lipinski definition) is 3. The van der Waals surface area contributed by atoms with E-state index in [2.05, 4.69) is 37.6 Å². The maximum atomic E-state index is 8.70. The Morgan fingerprint density at radius 3 is 2.25 bits per heavy atom. The number of nitriles is 1. The summed E-state index contributed by atoms with van der Waals surface area (Å²) in [5.41, 5.74) is 0. The Kier molecular flexibility index (Phi) is 8.10. The minimum absolute atomic E-state index is 0.488. The molecule has 0 rings (SSSR count). The van der Waals surface area contributed by atoms with Crippen molar-refractivity contribution in [2.75, 3.05) is 12.8 Å². The smallest absolute Gasteiger partial charge is 0.208 e. The van der Waals surface area contributed by atoms with Crippen molar-refractivity contribution in [1.29, 1.82) is 5.26 Å². The van der Waals surface area contributed by atoms with E-state index in [1.165, 1.54) is 0 Å². The third-order valence-electron chi connectivity index (χ3n) is 2.52. The zero-order valence-electron chi connectivity index (χ0n) is 11.0. The summed E-state index contributed by atoms with van der Waals surface area (Å²) in [7, 11) is 0. The molecule has 16 heavy (non-hydrogen) atoms. The van der Waals surface area contributed by atoms with Gasteiger partial charge in [-0.3, -0.25) is 0 Å². The fraction of sp³-hybridized carbons (Fsp3) is 0.833. The molecule has 4 heteroatoms. The number of thioether (sulfide) groups is 1. The summed E-state index contributed by atoms with van der Waals surface area (Å²) in [6, 6.07) is 0.488. The van der Waals surface area contributed by atoms with Gasteiger partial charge >= 0.3 is 0 Å². The van der Waals surface area contributed by atoms with Gasteiger partial charge in [-0.1, -0.05) is 39.5 Å². The van der Waals surface area contributed by atoms with E-state index < -0.39 is 0 Å². The van der Waals surface area contributed by atoms with Crippen LogP contribution in [0.25, 0.3) is 0 Å². The molecule has 0 saturated heterocycles. The van der Waals surface area contributed by atoms with Crippen molar-refractivity contribution in [3.05, 3.63) is 0 Å². The molecule has 92 valence electrons. The fourth-order valence-electron chi connectivity index (χ4n) is 1.78. The lowest BCUT2D eigenvalue weighted by molar-refractivity contribution is 0.272. The highest BCUT2D eigenvalue weighted by molar-refractivity contribution is 8.13. The second-order valence-electron chi connectivity index (χ2n) is 4.22. The van der Waals surface area contributed by atoms with Gasteiger partial charge in [0.05, 0.1) is 0 Å². The van der Waals surface area contributed by atoms with Crippen LogP contribution in [0.3, 0.4) is 0 Å². The van der Waals surface area contributed by atoms with E-state index in [-0.39, 0.29) is 0 Å². The van der Waals surface area contributed by atoms with Gasteiger partial charge < -0.3 is 4.90 Å². The van der Waals surface area contributed by atoms with Crippen LogP contribution in [0.5, 0.6) is 0 Å². The molecule has 0 N–H and O–H groups in total. The third-order valence-corrected chi connectivity index (χ3v) is 3.21. The lowest BCUT2D eigenvalue weighted by atomic mass is 10.1. The summed E-state index contributed by atoms with van der Waals surface area (Å²) in [6.45, 7) is 9.73. The van der Waals surface area contributed by atoms with E-state index >= 15 is 0 Å². The van der Waals surface area contributed by atoms with Crippen LogP contribution in [-0.2, 0) is 0 Å². The Morgan fingerprint density at radius 2 is 1.94 bits per heavy atom. The van der Waals surface area contributed by atoms with Gasteiger partial charge in [-0.2, -0.15) is 5.26 Å². The van der Waals surface area contributed by atoms with Crippen LogP contribution in [-0.4, -0.2) is 28.9 Å². The topological polar surface area (TPSA) is 39.4 Å². The van der Waals surface area contributed by atoms with Crippen LogP contribution in [0.15, 0.2) is 4.99 Å². The molecule has 0 bridgehead atoms. The summed E-state index contributed by atoms with van der Waals surface area (Å²) in [6.07, 6.45) is 6.06. The third kappa shape index (κ3) is 4.89. The predicted octanol–water partition coefficient (Wildman–Crippen LogP) is 3.33. The molecule has 0 spiro atoms. The van der Waals surface area contributed by atoms with Crippen molar-refractivity contribution < 1.29 is 0 Å². The molecule has 0 atom stereocenters. The predicted molar refractivity (Wildman–Crippen MR) is 72.5 cm³/mol. The first-order valence-electron chi connectivity index (χ1n) is 5.87. The molecular weight excluding hydrogens is 218 g/mol. The molecule has 0 heterocycles. The Morgan fingerprint density at radius 1 is 1.38 bits per heavy atom. The first-order chi connectivity index (χ1) is 7.60. The molecule has 3 nitrogen and oxygen atoms in total. The number of hydrogen-bond donors (Lipinski definition) is 0. The zero-order valence-corrected chi connectivity index (χ0v) is 11.8. The maximum Gasteiger partial charge on any atom is 0.208 e. The van der Waals surface area contributed by atoms with Crippen LogP contribution >= 0.6 is 11.8 Å². The second-order valence-corrected chi connectivity index (χ2v) is 4.99. The van der Waals surface area contributed by atoms with Crippen molar-refractivity contribution in [3.8, 4) is 6.19 Å². The zero-order chi connectivity index (χ0) is 12.6. The Hall–Kier alpha value is -0.690. The van der Waals surface area contributed by atoms with Gasteiger partial charge in [0.15, 0.2) is 5.17 Å². The van der Waals surface area contributed by atoms with E-state index in [1.54, 1.807) is 11.8 Å². The number of amidine groups is 1. The van der Waals surface area contributed by atoms with Crippen molar-refractivity contribution in [3.63, 3.8) is 0 Å². The molecule has 0 aliphatic rings. The average Bonchev–Trinajstić information content (AvgIpc) is 2.25. The van der Waals surface area contributed by atoms with Crippen LogP contribution < -0.4 is 0 Å². The molecule has 0 saturated carbocycles. The molecule has 0 amide bonds. The van der Waals surface area contributed by atoms with E-state index in [1.807, 2.05) is 12.4 Å². The highest BCUT2D eigenvalue weighted by Crippen LogP contribution is 2.17. The van der Waals surface area contributed by atoms with Gasteiger partial charge in [0.25, 0.3) is 0 Å². The highest BCUT2D eigenvalue weighted by atomic mass is 32.2. The van der Waals surface area contributed by atoms with E-state index in [0.29, 0.717) is 12.0 Å². The quantitative estimate of drug-likeness (QED) is 0.421.